The fourth-order valence-electron chi connectivity index (χ4n) is 3.52. The first-order valence-corrected chi connectivity index (χ1v) is 11.8. The molecule has 4 nitrogen and oxygen atoms in total. The molecule has 26 heavy (non-hydrogen) atoms. The molecular weight excluding hydrogens is 364 g/mol. The highest BCUT2D eigenvalue weighted by Gasteiger charge is 2.35. The molecule has 1 atom stereocenters. The lowest BCUT2D eigenvalue weighted by atomic mass is 10.0. The van der Waals surface area contributed by atoms with Crippen molar-refractivity contribution < 1.29 is 8.42 Å². The molecule has 0 saturated carbocycles. The number of thiophene rings is 1. The van der Waals surface area contributed by atoms with Crippen LogP contribution in [0.25, 0.3) is 0 Å². The first kappa shape index (κ1) is 19.4. The molecule has 142 valence electrons. The zero-order chi connectivity index (χ0) is 18.6. The first-order valence-electron chi connectivity index (χ1n) is 9.46. The molecule has 6 heteroatoms. The SMILES string of the molecule is CCCCCCCCNC1c2ccccc2S(=O)(=O)N(C)c2ccsc21. The van der Waals surface area contributed by atoms with Gasteiger partial charge in [-0.05, 0) is 36.0 Å². The summed E-state index contributed by atoms with van der Waals surface area (Å²) in [7, 11) is -1.87. The van der Waals surface area contributed by atoms with E-state index < -0.39 is 10.0 Å². The minimum atomic E-state index is -3.52. The average molecular weight is 393 g/mol. The summed E-state index contributed by atoms with van der Waals surface area (Å²) in [4.78, 5) is 1.48. The molecule has 1 unspecified atom stereocenters. The molecule has 1 aliphatic rings. The second kappa shape index (κ2) is 8.55. The van der Waals surface area contributed by atoms with E-state index in [-0.39, 0.29) is 6.04 Å². The molecule has 3 rings (SSSR count). The molecule has 0 radical (unpaired) electrons. The van der Waals surface area contributed by atoms with Gasteiger partial charge in [-0.2, -0.15) is 0 Å². The van der Waals surface area contributed by atoms with Gasteiger partial charge in [-0.15, -0.1) is 11.3 Å². The Morgan fingerprint density at radius 1 is 1.08 bits per heavy atom. The smallest absolute Gasteiger partial charge is 0.264 e. The maximum Gasteiger partial charge on any atom is 0.264 e. The van der Waals surface area contributed by atoms with E-state index in [1.54, 1.807) is 30.5 Å². The number of anilines is 1. The Labute approximate surface area is 161 Å². The Hall–Kier alpha value is -1.37. The Morgan fingerprint density at radius 3 is 2.62 bits per heavy atom. The lowest BCUT2D eigenvalue weighted by molar-refractivity contribution is 0.542. The number of rotatable bonds is 8. The summed E-state index contributed by atoms with van der Waals surface area (Å²) in [6.07, 6.45) is 7.49. The minimum absolute atomic E-state index is 0.0726. The van der Waals surface area contributed by atoms with Crippen LogP contribution in [0.4, 0.5) is 5.69 Å². The molecule has 0 saturated heterocycles. The summed E-state index contributed by atoms with van der Waals surface area (Å²) >= 11 is 1.62. The number of benzene rings is 1. The third kappa shape index (κ3) is 3.82. The molecule has 0 bridgehead atoms. The largest absolute Gasteiger partial charge is 0.305 e. The van der Waals surface area contributed by atoms with Crippen molar-refractivity contribution >= 4 is 27.0 Å². The molecule has 0 amide bonds. The number of hydrogen-bond donors (Lipinski definition) is 1. The van der Waals surface area contributed by atoms with E-state index in [0.717, 1.165) is 29.1 Å². The fraction of sp³-hybridized carbons (Fsp3) is 0.500. The number of nitrogens with zero attached hydrogens (tertiary/aromatic N) is 1. The number of hydrogen-bond acceptors (Lipinski definition) is 4. The second-order valence-corrected chi connectivity index (χ2v) is 9.72. The van der Waals surface area contributed by atoms with Crippen molar-refractivity contribution in [3.8, 4) is 0 Å². The number of sulfonamides is 1. The molecule has 1 aliphatic heterocycles. The lowest BCUT2D eigenvalue weighted by Gasteiger charge is -2.19. The quantitative estimate of drug-likeness (QED) is 0.648. The lowest BCUT2D eigenvalue weighted by Crippen LogP contribution is -2.26. The third-order valence-corrected chi connectivity index (χ3v) is 7.84. The topological polar surface area (TPSA) is 49.4 Å². The van der Waals surface area contributed by atoms with E-state index in [2.05, 4.69) is 12.2 Å². The number of fused-ring (bicyclic) bond motifs is 2. The van der Waals surface area contributed by atoms with E-state index in [1.165, 1.54) is 36.4 Å². The zero-order valence-corrected chi connectivity index (χ0v) is 17.2. The number of unbranched alkanes of at least 4 members (excludes halogenated alkanes) is 5. The van der Waals surface area contributed by atoms with Crippen molar-refractivity contribution in [2.75, 3.05) is 17.9 Å². The monoisotopic (exact) mass is 392 g/mol. The molecule has 0 fully saturated rings. The van der Waals surface area contributed by atoms with E-state index in [1.807, 2.05) is 23.6 Å². The standard InChI is InChI=1S/C20H28N2O2S2/c1-3-4-5-6-7-10-14-21-19-16-11-8-9-12-18(16)26(23,24)22(2)17-13-15-25-20(17)19/h8-9,11-13,15,19,21H,3-7,10,14H2,1-2H3. The Balaban J connectivity index is 1.81. The van der Waals surface area contributed by atoms with Gasteiger partial charge in [0, 0.05) is 7.05 Å². The predicted molar refractivity (Wildman–Crippen MR) is 110 cm³/mol. The summed E-state index contributed by atoms with van der Waals surface area (Å²) in [5, 5.41) is 5.60. The van der Waals surface area contributed by atoms with Gasteiger partial charge >= 0.3 is 0 Å². The van der Waals surface area contributed by atoms with E-state index in [4.69, 9.17) is 0 Å². The van der Waals surface area contributed by atoms with Gasteiger partial charge in [0.15, 0.2) is 0 Å². The Bertz CT molecular complexity index is 830. The predicted octanol–water partition coefficient (Wildman–Crippen LogP) is 4.93. The van der Waals surface area contributed by atoms with Crippen molar-refractivity contribution in [3.63, 3.8) is 0 Å². The fourth-order valence-corrected chi connectivity index (χ4v) is 6.04. The van der Waals surface area contributed by atoms with Crippen LogP contribution in [0.5, 0.6) is 0 Å². The van der Waals surface area contributed by atoms with Gasteiger partial charge in [0.05, 0.1) is 21.5 Å². The summed E-state index contributed by atoms with van der Waals surface area (Å²) in [6, 6.07) is 9.21. The van der Waals surface area contributed by atoms with Crippen LogP contribution < -0.4 is 9.62 Å². The van der Waals surface area contributed by atoms with Crippen LogP contribution in [0.15, 0.2) is 40.6 Å². The van der Waals surface area contributed by atoms with Gasteiger partial charge in [0.25, 0.3) is 10.0 Å². The van der Waals surface area contributed by atoms with Crippen LogP contribution in [-0.4, -0.2) is 22.0 Å². The Kier molecular flexibility index (Phi) is 6.37. The molecule has 2 aromatic rings. The van der Waals surface area contributed by atoms with Crippen LogP contribution in [0.1, 0.15) is 61.9 Å². The molecular formula is C20H28N2O2S2. The molecule has 1 aromatic heterocycles. The van der Waals surface area contributed by atoms with Crippen molar-refractivity contribution in [1.29, 1.82) is 0 Å². The van der Waals surface area contributed by atoms with Crippen molar-refractivity contribution in [3.05, 3.63) is 46.2 Å². The van der Waals surface area contributed by atoms with Gasteiger partial charge in [-0.25, -0.2) is 8.42 Å². The zero-order valence-electron chi connectivity index (χ0n) is 15.6. The van der Waals surface area contributed by atoms with Crippen molar-refractivity contribution in [2.24, 2.45) is 0 Å². The van der Waals surface area contributed by atoms with Crippen LogP contribution in [0.3, 0.4) is 0 Å². The molecule has 0 spiro atoms. The van der Waals surface area contributed by atoms with Crippen LogP contribution in [0, 0.1) is 0 Å². The first-order chi connectivity index (χ1) is 12.6. The van der Waals surface area contributed by atoms with E-state index in [0.29, 0.717) is 4.90 Å². The maximum atomic E-state index is 13.0. The van der Waals surface area contributed by atoms with Gasteiger partial charge in [0.2, 0.25) is 0 Å². The summed E-state index contributed by atoms with van der Waals surface area (Å²) in [5.41, 5.74) is 1.64. The number of nitrogens with one attached hydrogen (secondary N) is 1. The molecule has 1 aromatic carbocycles. The van der Waals surface area contributed by atoms with Crippen molar-refractivity contribution in [1.82, 2.24) is 5.32 Å². The third-order valence-electron chi connectivity index (χ3n) is 5.02. The van der Waals surface area contributed by atoms with Gasteiger partial charge < -0.3 is 5.32 Å². The van der Waals surface area contributed by atoms with Crippen LogP contribution >= 0.6 is 11.3 Å². The molecule has 0 aliphatic carbocycles. The van der Waals surface area contributed by atoms with Crippen LogP contribution in [0.2, 0.25) is 0 Å². The normalized spacial score (nSPS) is 18.2. The Morgan fingerprint density at radius 2 is 1.81 bits per heavy atom. The molecule has 1 N–H and O–H groups in total. The second-order valence-electron chi connectivity index (χ2n) is 6.84. The highest BCUT2D eigenvalue weighted by molar-refractivity contribution is 7.92. The molecule has 2 heterocycles. The highest BCUT2D eigenvalue weighted by atomic mass is 32.2. The highest BCUT2D eigenvalue weighted by Crippen LogP contribution is 2.42. The van der Waals surface area contributed by atoms with E-state index >= 15 is 0 Å². The summed E-state index contributed by atoms with van der Waals surface area (Å²) in [6.45, 7) is 3.13. The van der Waals surface area contributed by atoms with E-state index in [9.17, 15) is 8.42 Å². The van der Waals surface area contributed by atoms with Crippen molar-refractivity contribution in [2.45, 2.75) is 56.4 Å². The van der Waals surface area contributed by atoms with Gasteiger partial charge in [0.1, 0.15) is 0 Å². The van der Waals surface area contributed by atoms with Gasteiger partial charge in [-0.3, -0.25) is 4.31 Å². The van der Waals surface area contributed by atoms with Gasteiger partial charge in [-0.1, -0.05) is 57.2 Å². The maximum absolute atomic E-state index is 13.0. The average Bonchev–Trinajstić information content (AvgIpc) is 3.10. The van der Waals surface area contributed by atoms with Crippen LogP contribution in [-0.2, 0) is 10.0 Å². The summed E-state index contributed by atoms with van der Waals surface area (Å²) in [5.74, 6) is 0. The minimum Gasteiger partial charge on any atom is -0.305 e. The summed E-state index contributed by atoms with van der Waals surface area (Å²) < 4.78 is 27.4.